The van der Waals surface area contributed by atoms with Crippen LogP contribution in [0.15, 0.2) is 67.0 Å². The van der Waals surface area contributed by atoms with Crippen molar-refractivity contribution < 1.29 is 14.3 Å². The number of nitrogens with zero attached hydrogens (tertiary/aromatic N) is 1. The fourth-order valence-corrected chi connectivity index (χ4v) is 4.87. The normalized spacial score (nSPS) is 17.7. The molecule has 1 saturated carbocycles. The molecule has 0 radical (unpaired) electrons. The van der Waals surface area contributed by atoms with E-state index in [1.807, 2.05) is 36.4 Å². The molecule has 4 N–H and O–H groups in total. The molecule has 8 heteroatoms. The number of para-hydroxylation sites is 1. The van der Waals surface area contributed by atoms with Gasteiger partial charge in [-0.2, -0.15) is 0 Å². The SMILES string of the molecule is NC(=O)[C@H]1CC[C@H](Nc2ccnc3[nH]cc(C(=O)c4ccc(Oc5ccccc5)cc4Cl)c23)CC1. The van der Waals surface area contributed by atoms with Crippen LogP contribution in [-0.2, 0) is 4.79 Å². The Morgan fingerprint density at radius 2 is 1.77 bits per heavy atom. The first kappa shape index (κ1) is 22.9. The first-order chi connectivity index (χ1) is 17.0. The molecular weight excluding hydrogens is 464 g/mol. The first-order valence-electron chi connectivity index (χ1n) is 11.6. The van der Waals surface area contributed by atoms with Crippen molar-refractivity contribution >= 4 is 40.0 Å². The molecule has 2 aromatic heterocycles. The molecule has 2 heterocycles. The number of pyridine rings is 1. The van der Waals surface area contributed by atoms with Gasteiger partial charge in [-0.15, -0.1) is 0 Å². The van der Waals surface area contributed by atoms with Gasteiger partial charge in [0.15, 0.2) is 5.78 Å². The maximum Gasteiger partial charge on any atom is 0.220 e. The average molecular weight is 489 g/mol. The van der Waals surface area contributed by atoms with E-state index in [1.54, 1.807) is 30.6 Å². The molecule has 0 bridgehead atoms. The predicted molar refractivity (Wildman–Crippen MR) is 136 cm³/mol. The number of carbonyl (C=O) groups is 2. The summed E-state index contributed by atoms with van der Waals surface area (Å²) in [5.41, 5.74) is 7.77. The Bertz CT molecular complexity index is 1380. The van der Waals surface area contributed by atoms with Gasteiger partial charge in [0.2, 0.25) is 5.91 Å². The number of nitrogens with two attached hydrogens (primary N) is 1. The number of hydrogen-bond acceptors (Lipinski definition) is 5. The second kappa shape index (κ2) is 9.80. The number of fused-ring (bicyclic) bond motifs is 1. The second-order valence-corrected chi connectivity index (χ2v) is 9.17. The highest BCUT2D eigenvalue weighted by atomic mass is 35.5. The van der Waals surface area contributed by atoms with Crippen molar-refractivity contribution in [2.45, 2.75) is 31.7 Å². The maximum absolute atomic E-state index is 13.5. The summed E-state index contributed by atoms with van der Waals surface area (Å²) in [5.74, 6) is 0.732. The van der Waals surface area contributed by atoms with Crippen LogP contribution in [0.3, 0.4) is 0 Å². The number of amides is 1. The van der Waals surface area contributed by atoms with Gasteiger partial charge in [-0.05, 0) is 56.0 Å². The number of ketones is 1. The third-order valence-electron chi connectivity index (χ3n) is 6.47. The Hall–Kier alpha value is -3.84. The lowest BCUT2D eigenvalue weighted by Gasteiger charge is -2.28. The van der Waals surface area contributed by atoms with Crippen molar-refractivity contribution in [3.05, 3.63) is 83.1 Å². The third kappa shape index (κ3) is 4.86. The Labute approximate surface area is 207 Å². The molecule has 2 aromatic carbocycles. The summed E-state index contributed by atoms with van der Waals surface area (Å²) in [6.45, 7) is 0. The number of primary amides is 1. The average Bonchev–Trinajstić information content (AvgIpc) is 3.30. The van der Waals surface area contributed by atoms with Gasteiger partial charge < -0.3 is 20.8 Å². The largest absolute Gasteiger partial charge is 0.457 e. The van der Waals surface area contributed by atoms with Crippen molar-refractivity contribution in [1.82, 2.24) is 9.97 Å². The van der Waals surface area contributed by atoms with E-state index < -0.39 is 0 Å². The standard InChI is InChI=1S/C27H25ClN4O3/c28-22-14-19(35-18-4-2-1-3-5-18)10-11-20(22)25(33)21-15-31-27-24(21)23(12-13-30-27)32-17-8-6-16(7-9-17)26(29)34/h1-5,10-17H,6-9H2,(H2,29,34)(H2,30,31,32)/t16-,17-. The molecule has 0 aliphatic heterocycles. The lowest BCUT2D eigenvalue weighted by molar-refractivity contribution is -0.122. The fraction of sp³-hybridized carbons (Fsp3) is 0.222. The van der Waals surface area contributed by atoms with Crippen LogP contribution < -0.4 is 15.8 Å². The molecule has 0 saturated heterocycles. The van der Waals surface area contributed by atoms with Crippen LogP contribution in [0.4, 0.5) is 5.69 Å². The predicted octanol–water partition coefficient (Wildman–Crippen LogP) is 5.70. The number of carbonyl (C=O) groups excluding carboxylic acids is 2. The van der Waals surface area contributed by atoms with Crippen molar-refractivity contribution in [2.75, 3.05) is 5.32 Å². The van der Waals surface area contributed by atoms with Gasteiger partial charge in [0.1, 0.15) is 17.1 Å². The lowest BCUT2D eigenvalue weighted by Crippen LogP contribution is -2.32. The van der Waals surface area contributed by atoms with Crippen LogP contribution in [0, 0.1) is 5.92 Å². The van der Waals surface area contributed by atoms with E-state index in [0.717, 1.165) is 36.8 Å². The number of rotatable bonds is 7. The molecule has 4 aromatic rings. The molecule has 1 aliphatic carbocycles. The van der Waals surface area contributed by atoms with Crippen LogP contribution in [-0.4, -0.2) is 27.7 Å². The Morgan fingerprint density at radius 3 is 2.49 bits per heavy atom. The number of halogens is 1. The number of ether oxygens (including phenoxy) is 1. The second-order valence-electron chi connectivity index (χ2n) is 8.77. The van der Waals surface area contributed by atoms with Crippen LogP contribution in [0.2, 0.25) is 5.02 Å². The van der Waals surface area contributed by atoms with Gasteiger partial charge in [-0.1, -0.05) is 29.8 Å². The molecule has 0 unspecified atom stereocenters. The summed E-state index contributed by atoms with van der Waals surface area (Å²) in [7, 11) is 0. The molecular formula is C27H25ClN4O3. The van der Waals surface area contributed by atoms with Gasteiger partial charge in [-0.3, -0.25) is 9.59 Å². The highest BCUT2D eigenvalue weighted by Gasteiger charge is 2.26. The molecule has 178 valence electrons. The van der Waals surface area contributed by atoms with Crippen molar-refractivity contribution in [1.29, 1.82) is 0 Å². The van der Waals surface area contributed by atoms with E-state index in [4.69, 9.17) is 22.1 Å². The van der Waals surface area contributed by atoms with Crippen molar-refractivity contribution in [2.24, 2.45) is 11.7 Å². The Morgan fingerprint density at radius 1 is 1.00 bits per heavy atom. The van der Waals surface area contributed by atoms with Crippen LogP contribution in [0.5, 0.6) is 11.5 Å². The highest BCUT2D eigenvalue weighted by Crippen LogP contribution is 2.33. The fourth-order valence-electron chi connectivity index (χ4n) is 4.61. The molecule has 35 heavy (non-hydrogen) atoms. The smallest absolute Gasteiger partial charge is 0.220 e. The van der Waals surface area contributed by atoms with E-state index in [-0.39, 0.29) is 23.7 Å². The van der Waals surface area contributed by atoms with E-state index in [2.05, 4.69) is 15.3 Å². The topological polar surface area (TPSA) is 110 Å². The van der Waals surface area contributed by atoms with Gasteiger partial charge in [-0.25, -0.2) is 4.98 Å². The van der Waals surface area contributed by atoms with Crippen LogP contribution in [0.25, 0.3) is 11.0 Å². The summed E-state index contributed by atoms with van der Waals surface area (Å²) in [6.07, 6.45) is 6.55. The van der Waals surface area contributed by atoms with Crippen LogP contribution >= 0.6 is 11.6 Å². The zero-order valence-corrected chi connectivity index (χ0v) is 19.7. The number of aromatic nitrogens is 2. The summed E-state index contributed by atoms with van der Waals surface area (Å²) in [4.78, 5) is 32.5. The molecule has 7 nitrogen and oxygen atoms in total. The van der Waals surface area contributed by atoms with Crippen molar-refractivity contribution in [3.8, 4) is 11.5 Å². The first-order valence-corrected chi connectivity index (χ1v) is 12.0. The molecule has 1 fully saturated rings. The molecule has 0 spiro atoms. The third-order valence-corrected chi connectivity index (χ3v) is 6.78. The van der Waals surface area contributed by atoms with Gasteiger partial charge in [0.25, 0.3) is 0 Å². The maximum atomic E-state index is 13.5. The number of hydrogen-bond donors (Lipinski definition) is 3. The molecule has 1 amide bonds. The number of benzene rings is 2. The number of anilines is 1. The highest BCUT2D eigenvalue weighted by molar-refractivity contribution is 6.35. The van der Waals surface area contributed by atoms with Gasteiger partial charge in [0.05, 0.1) is 16.0 Å². The van der Waals surface area contributed by atoms with E-state index in [9.17, 15) is 9.59 Å². The lowest BCUT2D eigenvalue weighted by atomic mass is 9.85. The van der Waals surface area contributed by atoms with E-state index in [1.165, 1.54) is 0 Å². The van der Waals surface area contributed by atoms with E-state index >= 15 is 0 Å². The minimum absolute atomic E-state index is 0.0640. The minimum Gasteiger partial charge on any atom is -0.457 e. The van der Waals surface area contributed by atoms with Crippen molar-refractivity contribution in [3.63, 3.8) is 0 Å². The Balaban J connectivity index is 1.39. The summed E-state index contributed by atoms with van der Waals surface area (Å²) in [6, 6.07) is 16.5. The van der Waals surface area contributed by atoms with Crippen LogP contribution in [0.1, 0.15) is 41.6 Å². The Kier molecular flexibility index (Phi) is 6.42. The quantitative estimate of drug-likeness (QED) is 0.289. The summed E-state index contributed by atoms with van der Waals surface area (Å²) in [5, 5.41) is 4.57. The number of H-pyrrole nitrogens is 1. The zero-order chi connectivity index (χ0) is 24.4. The number of aromatic amines is 1. The molecule has 0 atom stereocenters. The zero-order valence-electron chi connectivity index (χ0n) is 19.0. The monoisotopic (exact) mass is 488 g/mol. The molecule has 5 rings (SSSR count). The summed E-state index contributed by atoms with van der Waals surface area (Å²) >= 11 is 6.51. The van der Waals surface area contributed by atoms with Gasteiger partial charge >= 0.3 is 0 Å². The summed E-state index contributed by atoms with van der Waals surface area (Å²) < 4.78 is 5.83. The van der Waals surface area contributed by atoms with E-state index in [0.29, 0.717) is 33.3 Å². The van der Waals surface area contributed by atoms with Gasteiger partial charge in [0, 0.05) is 41.7 Å². The molecule has 1 aliphatic rings. The minimum atomic E-state index is -0.231. The number of nitrogens with one attached hydrogen (secondary N) is 2.